The van der Waals surface area contributed by atoms with E-state index in [4.69, 9.17) is 11.6 Å². The maximum Gasteiger partial charge on any atom is 0.273 e. The number of carbonyl (C=O) groups is 1. The summed E-state index contributed by atoms with van der Waals surface area (Å²) in [5, 5.41) is 6.27. The molecule has 0 saturated carbocycles. The van der Waals surface area contributed by atoms with Crippen LogP contribution < -0.4 is 10.2 Å². The summed E-state index contributed by atoms with van der Waals surface area (Å²) < 4.78 is 0. The van der Waals surface area contributed by atoms with Crippen LogP contribution >= 0.6 is 22.9 Å². The first-order valence-corrected chi connectivity index (χ1v) is 9.74. The van der Waals surface area contributed by atoms with E-state index in [1.165, 1.54) is 11.3 Å². The smallest absolute Gasteiger partial charge is 0.273 e. The maximum atomic E-state index is 12.7. The highest BCUT2D eigenvalue weighted by Crippen LogP contribution is 2.24. The fourth-order valence-electron chi connectivity index (χ4n) is 2.85. The van der Waals surface area contributed by atoms with Crippen LogP contribution in [0, 0.1) is 0 Å². The molecule has 2 aromatic heterocycles. The van der Waals surface area contributed by atoms with E-state index in [2.05, 4.69) is 25.2 Å². The minimum absolute atomic E-state index is 0.0565. The minimum Gasteiger partial charge on any atom is -0.337 e. The molecule has 0 aliphatic carbocycles. The fourth-order valence-corrected chi connectivity index (χ4v) is 3.74. The number of piperazine rings is 1. The van der Waals surface area contributed by atoms with Crippen LogP contribution in [0.4, 0.5) is 16.8 Å². The summed E-state index contributed by atoms with van der Waals surface area (Å²) in [5.74, 6) is 0.644. The second kappa shape index (κ2) is 7.89. The third kappa shape index (κ3) is 4.17. The molecule has 0 atom stereocenters. The predicted molar refractivity (Wildman–Crippen MR) is 107 cm³/mol. The molecule has 1 fully saturated rings. The number of aromatic nitrogens is 3. The van der Waals surface area contributed by atoms with Crippen LogP contribution in [0.25, 0.3) is 0 Å². The highest BCUT2D eigenvalue weighted by Gasteiger charge is 2.24. The standard InChI is InChI=1S/C18H17ClN6OS/c19-13-3-1-4-14(11-13)22-18-23-15(12-27-18)16(26)24-7-9-25(10-8-24)17-20-5-2-6-21-17/h1-6,11-12H,7-10H2,(H,22,23). The summed E-state index contributed by atoms with van der Waals surface area (Å²) in [7, 11) is 0. The van der Waals surface area contributed by atoms with Gasteiger partial charge in [-0.2, -0.15) is 0 Å². The maximum absolute atomic E-state index is 12.7. The highest BCUT2D eigenvalue weighted by atomic mass is 35.5. The van der Waals surface area contributed by atoms with E-state index >= 15 is 0 Å². The van der Waals surface area contributed by atoms with Crippen molar-refractivity contribution in [1.82, 2.24) is 19.9 Å². The van der Waals surface area contributed by atoms with Crippen LogP contribution in [0.15, 0.2) is 48.1 Å². The van der Waals surface area contributed by atoms with Crippen LogP contribution in [-0.4, -0.2) is 51.9 Å². The zero-order valence-corrected chi connectivity index (χ0v) is 16.0. The van der Waals surface area contributed by atoms with Crippen LogP contribution in [0.3, 0.4) is 0 Å². The van der Waals surface area contributed by atoms with Gasteiger partial charge in [-0.25, -0.2) is 15.0 Å². The van der Waals surface area contributed by atoms with Crippen LogP contribution in [-0.2, 0) is 0 Å². The number of rotatable bonds is 4. The molecule has 7 nitrogen and oxygen atoms in total. The van der Waals surface area contributed by atoms with Gasteiger partial charge in [-0.3, -0.25) is 4.79 Å². The van der Waals surface area contributed by atoms with E-state index in [-0.39, 0.29) is 5.91 Å². The topological polar surface area (TPSA) is 74.2 Å². The molecule has 1 saturated heterocycles. The van der Waals surface area contributed by atoms with Crippen molar-refractivity contribution in [3.63, 3.8) is 0 Å². The fraction of sp³-hybridized carbons (Fsp3) is 0.222. The first-order valence-electron chi connectivity index (χ1n) is 8.48. The average molecular weight is 401 g/mol. The van der Waals surface area contributed by atoms with Crippen molar-refractivity contribution < 1.29 is 4.79 Å². The summed E-state index contributed by atoms with van der Waals surface area (Å²) in [6.07, 6.45) is 3.45. The lowest BCUT2D eigenvalue weighted by Gasteiger charge is -2.34. The van der Waals surface area contributed by atoms with Gasteiger partial charge in [0.25, 0.3) is 5.91 Å². The summed E-state index contributed by atoms with van der Waals surface area (Å²) in [4.78, 5) is 29.6. The molecule has 0 spiro atoms. The second-order valence-corrected chi connectivity index (χ2v) is 7.30. The molecule has 27 heavy (non-hydrogen) atoms. The molecule has 3 heterocycles. The van der Waals surface area contributed by atoms with Gasteiger partial charge in [-0.1, -0.05) is 17.7 Å². The van der Waals surface area contributed by atoms with Crippen molar-refractivity contribution in [2.45, 2.75) is 0 Å². The number of benzene rings is 1. The molecule has 1 amide bonds. The number of thiazole rings is 1. The molecule has 4 rings (SSSR count). The lowest BCUT2D eigenvalue weighted by molar-refractivity contribution is 0.0741. The van der Waals surface area contributed by atoms with Crippen LogP contribution in [0.2, 0.25) is 5.02 Å². The van der Waals surface area contributed by atoms with Gasteiger partial charge in [0.05, 0.1) is 0 Å². The molecular formula is C18H17ClN6OS. The lowest BCUT2D eigenvalue weighted by Crippen LogP contribution is -2.49. The van der Waals surface area contributed by atoms with Gasteiger partial charge in [0.2, 0.25) is 5.95 Å². The molecule has 1 aromatic carbocycles. The average Bonchev–Trinajstić information content (AvgIpc) is 3.17. The Hall–Kier alpha value is -2.71. The van der Waals surface area contributed by atoms with Gasteiger partial charge in [-0.15, -0.1) is 11.3 Å². The first-order chi connectivity index (χ1) is 13.2. The first kappa shape index (κ1) is 17.7. The minimum atomic E-state index is -0.0565. The van der Waals surface area contributed by atoms with Crippen LogP contribution in [0.1, 0.15) is 10.5 Å². The Morgan fingerprint density at radius 3 is 2.63 bits per heavy atom. The monoisotopic (exact) mass is 400 g/mol. The van der Waals surface area contributed by atoms with Gasteiger partial charge in [0, 0.05) is 54.7 Å². The van der Waals surface area contributed by atoms with Crippen molar-refractivity contribution in [2.24, 2.45) is 0 Å². The van der Waals surface area contributed by atoms with Crippen molar-refractivity contribution in [1.29, 1.82) is 0 Å². The van der Waals surface area contributed by atoms with Crippen molar-refractivity contribution in [3.05, 3.63) is 58.8 Å². The van der Waals surface area contributed by atoms with Crippen LogP contribution in [0.5, 0.6) is 0 Å². The molecule has 9 heteroatoms. The molecule has 3 aromatic rings. The Kier molecular flexibility index (Phi) is 5.17. The van der Waals surface area contributed by atoms with E-state index in [0.717, 1.165) is 5.69 Å². The third-order valence-electron chi connectivity index (χ3n) is 4.20. The molecule has 0 bridgehead atoms. The van der Waals surface area contributed by atoms with E-state index < -0.39 is 0 Å². The molecule has 0 radical (unpaired) electrons. The van der Waals surface area contributed by atoms with E-state index in [1.807, 2.05) is 29.2 Å². The third-order valence-corrected chi connectivity index (χ3v) is 5.19. The van der Waals surface area contributed by atoms with E-state index in [0.29, 0.717) is 48.0 Å². The van der Waals surface area contributed by atoms with Crippen molar-refractivity contribution >= 4 is 45.6 Å². The Labute approximate surface area is 165 Å². The molecule has 1 aliphatic heterocycles. The summed E-state index contributed by atoms with van der Waals surface area (Å²) in [6.45, 7) is 2.64. The van der Waals surface area contributed by atoms with E-state index in [1.54, 1.807) is 23.8 Å². The quantitative estimate of drug-likeness (QED) is 0.724. The number of nitrogens with one attached hydrogen (secondary N) is 1. The zero-order valence-electron chi connectivity index (χ0n) is 14.4. The van der Waals surface area contributed by atoms with Gasteiger partial charge in [0.15, 0.2) is 5.13 Å². The Morgan fingerprint density at radius 1 is 1.11 bits per heavy atom. The van der Waals surface area contributed by atoms with E-state index in [9.17, 15) is 4.79 Å². The number of anilines is 3. The lowest BCUT2D eigenvalue weighted by atomic mass is 10.3. The molecule has 1 aliphatic rings. The SMILES string of the molecule is O=C(c1csc(Nc2cccc(Cl)c2)n1)N1CCN(c2ncccn2)CC1. The molecule has 138 valence electrons. The Morgan fingerprint density at radius 2 is 1.89 bits per heavy atom. The summed E-state index contributed by atoms with van der Waals surface area (Å²) >= 11 is 7.39. The normalized spacial score (nSPS) is 14.3. The highest BCUT2D eigenvalue weighted by molar-refractivity contribution is 7.14. The van der Waals surface area contributed by atoms with Crippen molar-refractivity contribution in [3.8, 4) is 0 Å². The zero-order chi connectivity index (χ0) is 18.6. The van der Waals surface area contributed by atoms with Gasteiger partial charge in [-0.05, 0) is 24.3 Å². The number of hydrogen-bond donors (Lipinski definition) is 1. The number of amides is 1. The van der Waals surface area contributed by atoms with Gasteiger partial charge < -0.3 is 15.1 Å². The van der Waals surface area contributed by atoms with Gasteiger partial charge >= 0.3 is 0 Å². The van der Waals surface area contributed by atoms with Gasteiger partial charge in [0.1, 0.15) is 5.69 Å². The Bertz CT molecular complexity index is 926. The largest absolute Gasteiger partial charge is 0.337 e. The molecule has 0 unspecified atom stereocenters. The second-order valence-electron chi connectivity index (χ2n) is 6.00. The predicted octanol–water partition coefficient (Wildman–Crippen LogP) is 3.29. The summed E-state index contributed by atoms with van der Waals surface area (Å²) in [5.41, 5.74) is 1.29. The molecular weight excluding hydrogens is 384 g/mol. The van der Waals surface area contributed by atoms with Crippen molar-refractivity contribution in [2.75, 3.05) is 36.4 Å². The molecule has 1 N–H and O–H groups in total. The number of hydrogen-bond acceptors (Lipinski definition) is 7. The number of halogens is 1. The summed E-state index contributed by atoms with van der Waals surface area (Å²) in [6, 6.07) is 9.18. The number of nitrogens with zero attached hydrogens (tertiary/aromatic N) is 5. The Balaban J connectivity index is 1.37. The number of carbonyl (C=O) groups excluding carboxylic acids is 1.